The van der Waals surface area contributed by atoms with Crippen LogP contribution in [0, 0.1) is 0 Å². The molecule has 0 saturated carbocycles. The van der Waals surface area contributed by atoms with Gasteiger partial charge in [-0.3, -0.25) is 19.9 Å². The summed E-state index contributed by atoms with van der Waals surface area (Å²) in [5.41, 5.74) is 7.50. The van der Waals surface area contributed by atoms with Crippen molar-refractivity contribution in [1.29, 1.82) is 0 Å². The molecule has 4 N–H and O–H groups in total. The van der Waals surface area contributed by atoms with Crippen LogP contribution in [0.1, 0.15) is 46.0 Å². The van der Waals surface area contributed by atoms with Gasteiger partial charge < -0.3 is 24.8 Å². The molecule has 0 unspecified atom stereocenters. The number of Topliss-reactive ketones (excluding diaryl/α,β-unsaturated/α-hetero) is 1. The Bertz CT molecular complexity index is 1740. The van der Waals surface area contributed by atoms with Gasteiger partial charge in [-0.25, -0.2) is 10.2 Å². The Morgan fingerprint density at radius 3 is 2.40 bits per heavy atom. The van der Waals surface area contributed by atoms with E-state index in [0.717, 1.165) is 49.2 Å². The van der Waals surface area contributed by atoms with E-state index in [1.807, 2.05) is 61.5 Å². The zero-order valence-corrected chi connectivity index (χ0v) is 28.6. The number of methoxy groups -OCH3 is 1. The molecular formula is C39H45N5O6. The molecule has 1 fully saturated rings. The molecule has 1 aliphatic heterocycles. The van der Waals surface area contributed by atoms with Gasteiger partial charge in [-0.05, 0) is 61.2 Å². The van der Waals surface area contributed by atoms with Crippen LogP contribution in [0.15, 0.2) is 97.1 Å². The minimum absolute atomic E-state index is 0.0473. The predicted octanol–water partition coefficient (Wildman–Crippen LogP) is 5.72. The van der Waals surface area contributed by atoms with Crippen LogP contribution in [0.2, 0.25) is 0 Å². The van der Waals surface area contributed by atoms with Crippen LogP contribution < -0.4 is 20.8 Å². The molecular weight excluding hydrogens is 634 g/mol. The Hall–Kier alpha value is -5.23. The van der Waals surface area contributed by atoms with Crippen LogP contribution >= 0.6 is 0 Å². The standard InChI is InChI=1S/C39H45N5O6/c1-3-44(41-26-28-16-17-35(45)37(24-28)49-2)38(47)31-13-9-12-30(25-31)36(46)27-40-20-23-43-21-18-32(19-22-43)50-39(48)42-34-15-8-7-14-33(34)29-10-5-4-6-11-29/h4-17,24-25,32,40-41,45H,3,18-23,26-27H2,1-2H3,(H,42,48). The topological polar surface area (TPSA) is 132 Å². The third-order valence-corrected chi connectivity index (χ3v) is 8.66. The number of benzene rings is 4. The molecule has 1 heterocycles. The Morgan fingerprint density at radius 2 is 1.64 bits per heavy atom. The number of aromatic hydroxyl groups is 1. The lowest BCUT2D eigenvalue weighted by Gasteiger charge is -2.31. The van der Waals surface area contributed by atoms with E-state index in [1.165, 1.54) is 12.1 Å². The maximum atomic E-state index is 13.3. The van der Waals surface area contributed by atoms with Crippen LogP contribution in [-0.4, -0.2) is 85.3 Å². The van der Waals surface area contributed by atoms with Gasteiger partial charge in [0.1, 0.15) is 6.10 Å². The Kier molecular flexibility index (Phi) is 13.0. The minimum Gasteiger partial charge on any atom is -0.504 e. The highest BCUT2D eigenvalue weighted by Crippen LogP contribution is 2.28. The van der Waals surface area contributed by atoms with Gasteiger partial charge in [-0.15, -0.1) is 0 Å². The second-order valence-electron chi connectivity index (χ2n) is 12.1. The average molecular weight is 680 g/mol. The van der Waals surface area contributed by atoms with Gasteiger partial charge in [0.2, 0.25) is 0 Å². The van der Waals surface area contributed by atoms with E-state index >= 15 is 0 Å². The van der Waals surface area contributed by atoms with Crippen molar-refractivity contribution in [2.24, 2.45) is 0 Å². The summed E-state index contributed by atoms with van der Waals surface area (Å²) >= 11 is 0. The van der Waals surface area contributed by atoms with E-state index in [-0.39, 0.29) is 30.1 Å². The first-order valence-electron chi connectivity index (χ1n) is 16.9. The number of ketones is 1. The quantitative estimate of drug-likeness (QED) is 0.0708. The number of carbonyl (C=O) groups is 3. The molecule has 0 aliphatic carbocycles. The summed E-state index contributed by atoms with van der Waals surface area (Å²) in [6, 6.07) is 29.4. The van der Waals surface area contributed by atoms with Crippen molar-refractivity contribution in [2.75, 3.05) is 51.7 Å². The highest BCUT2D eigenvalue weighted by molar-refractivity contribution is 6.01. The first-order chi connectivity index (χ1) is 24.3. The minimum atomic E-state index is -0.452. The molecule has 1 aliphatic rings. The predicted molar refractivity (Wildman–Crippen MR) is 193 cm³/mol. The van der Waals surface area contributed by atoms with Gasteiger partial charge in [0.25, 0.3) is 5.91 Å². The number of hydrogen-bond donors (Lipinski definition) is 4. The van der Waals surface area contributed by atoms with Gasteiger partial charge in [-0.2, -0.15) is 0 Å². The van der Waals surface area contributed by atoms with Crippen LogP contribution in [0.5, 0.6) is 11.5 Å². The number of amides is 2. The molecule has 11 heteroatoms. The van der Waals surface area contributed by atoms with E-state index in [4.69, 9.17) is 9.47 Å². The zero-order valence-electron chi connectivity index (χ0n) is 28.6. The number of phenolic OH excluding ortho intramolecular Hbond substituents is 1. The summed E-state index contributed by atoms with van der Waals surface area (Å²) in [5.74, 6) is 0.0592. The fourth-order valence-corrected chi connectivity index (χ4v) is 5.87. The number of ether oxygens (including phenoxy) is 2. The lowest BCUT2D eigenvalue weighted by Crippen LogP contribution is -2.42. The molecule has 0 bridgehead atoms. The SMILES string of the molecule is CCN(NCc1ccc(O)c(OC)c1)C(=O)c1cccc(C(=O)CNCCN2CCC(OC(=O)Nc3ccccc3-c3ccccc3)CC2)c1. The number of carbonyl (C=O) groups excluding carboxylic acids is 3. The van der Waals surface area contributed by atoms with Crippen molar-refractivity contribution in [1.82, 2.24) is 20.7 Å². The number of hydrogen-bond acceptors (Lipinski definition) is 9. The lowest BCUT2D eigenvalue weighted by molar-refractivity contribution is 0.0592. The summed E-state index contributed by atoms with van der Waals surface area (Å²) in [4.78, 5) is 41.3. The van der Waals surface area contributed by atoms with Crippen molar-refractivity contribution in [2.45, 2.75) is 32.4 Å². The third kappa shape index (κ3) is 9.91. The summed E-state index contributed by atoms with van der Waals surface area (Å²) in [5, 5.41) is 17.5. The number of rotatable bonds is 15. The number of anilines is 1. The second kappa shape index (κ2) is 18.0. The third-order valence-electron chi connectivity index (χ3n) is 8.66. The highest BCUT2D eigenvalue weighted by atomic mass is 16.6. The van der Waals surface area contributed by atoms with E-state index in [0.29, 0.717) is 42.2 Å². The van der Waals surface area contributed by atoms with Gasteiger partial charge in [-0.1, -0.05) is 66.7 Å². The largest absolute Gasteiger partial charge is 0.504 e. The number of para-hydroxylation sites is 1. The number of likely N-dealkylation sites (tertiary alicyclic amines) is 1. The van der Waals surface area contributed by atoms with Crippen LogP contribution in [0.25, 0.3) is 11.1 Å². The molecule has 2 amide bonds. The molecule has 4 aromatic carbocycles. The Balaban J connectivity index is 1.01. The van der Waals surface area contributed by atoms with Gasteiger partial charge >= 0.3 is 6.09 Å². The van der Waals surface area contributed by atoms with Crippen molar-refractivity contribution in [3.05, 3.63) is 114 Å². The molecule has 4 aromatic rings. The lowest BCUT2D eigenvalue weighted by atomic mass is 10.0. The normalized spacial score (nSPS) is 13.4. The number of piperidine rings is 1. The van der Waals surface area contributed by atoms with E-state index in [9.17, 15) is 19.5 Å². The van der Waals surface area contributed by atoms with E-state index in [2.05, 4.69) is 21.0 Å². The van der Waals surface area contributed by atoms with Crippen molar-refractivity contribution < 1.29 is 29.0 Å². The summed E-state index contributed by atoms with van der Waals surface area (Å²) in [6.45, 7) is 5.75. The molecule has 11 nitrogen and oxygen atoms in total. The molecule has 50 heavy (non-hydrogen) atoms. The number of hydrazine groups is 1. The van der Waals surface area contributed by atoms with Gasteiger partial charge in [0.15, 0.2) is 17.3 Å². The van der Waals surface area contributed by atoms with E-state index in [1.54, 1.807) is 42.5 Å². The first kappa shape index (κ1) is 36.1. The van der Waals surface area contributed by atoms with Crippen molar-refractivity contribution >= 4 is 23.5 Å². The Morgan fingerprint density at radius 1 is 0.900 bits per heavy atom. The van der Waals surface area contributed by atoms with Gasteiger partial charge in [0.05, 0.1) is 19.3 Å². The fraction of sp³-hybridized carbons (Fsp3) is 0.308. The summed E-state index contributed by atoms with van der Waals surface area (Å²) in [7, 11) is 1.48. The number of nitrogens with one attached hydrogen (secondary N) is 3. The smallest absolute Gasteiger partial charge is 0.411 e. The maximum Gasteiger partial charge on any atom is 0.411 e. The van der Waals surface area contributed by atoms with Crippen molar-refractivity contribution in [3.8, 4) is 22.6 Å². The molecule has 5 rings (SSSR count). The molecule has 0 atom stereocenters. The first-order valence-corrected chi connectivity index (χ1v) is 16.9. The molecule has 0 spiro atoms. The average Bonchev–Trinajstić information content (AvgIpc) is 3.15. The van der Waals surface area contributed by atoms with Crippen LogP contribution in [0.3, 0.4) is 0 Å². The maximum absolute atomic E-state index is 13.3. The number of phenols is 1. The number of nitrogens with zero attached hydrogens (tertiary/aromatic N) is 2. The van der Waals surface area contributed by atoms with Gasteiger partial charge in [0, 0.05) is 56.0 Å². The molecule has 0 aromatic heterocycles. The molecule has 0 radical (unpaired) electrons. The Labute approximate surface area is 293 Å². The summed E-state index contributed by atoms with van der Waals surface area (Å²) in [6.07, 6.45) is 0.863. The monoisotopic (exact) mass is 679 g/mol. The zero-order chi connectivity index (χ0) is 35.3. The summed E-state index contributed by atoms with van der Waals surface area (Å²) < 4.78 is 10.9. The molecule has 262 valence electrons. The van der Waals surface area contributed by atoms with Crippen LogP contribution in [0.4, 0.5) is 10.5 Å². The fourth-order valence-electron chi connectivity index (χ4n) is 5.87. The second-order valence-corrected chi connectivity index (χ2v) is 12.1. The highest BCUT2D eigenvalue weighted by Gasteiger charge is 2.23. The molecule has 1 saturated heterocycles. The van der Waals surface area contributed by atoms with Crippen LogP contribution in [-0.2, 0) is 11.3 Å². The van der Waals surface area contributed by atoms with E-state index < -0.39 is 6.09 Å². The van der Waals surface area contributed by atoms with Crippen molar-refractivity contribution in [3.63, 3.8) is 0 Å².